The monoisotopic (exact) mass is 377 g/mol. The molecular formula is C22H20ClN3O. The predicted octanol–water partition coefficient (Wildman–Crippen LogP) is 4.83. The van der Waals surface area contributed by atoms with Gasteiger partial charge in [-0.3, -0.25) is 4.98 Å². The Balaban J connectivity index is 0.00000105. The molecule has 0 spiro atoms. The van der Waals surface area contributed by atoms with Crippen molar-refractivity contribution in [2.24, 2.45) is 0 Å². The Hall–Kier alpha value is -2.82. The molecule has 0 atom stereocenters. The summed E-state index contributed by atoms with van der Waals surface area (Å²) in [5, 5.41) is 11.6. The van der Waals surface area contributed by atoms with E-state index in [1.807, 2.05) is 24.5 Å². The van der Waals surface area contributed by atoms with Gasteiger partial charge in [-0.05, 0) is 47.4 Å². The van der Waals surface area contributed by atoms with Crippen LogP contribution in [-0.2, 0) is 0 Å². The molecule has 0 aliphatic heterocycles. The second kappa shape index (κ2) is 7.82. The molecule has 0 unspecified atom stereocenters. The molecule has 1 aliphatic carbocycles. The van der Waals surface area contributed by atoms with Crippen LogP contribution in [0.5, 0.6) is 0 Å². The van der Waals surface area contributed by atoms with E-state index >= 15 is 0 Å². The molecule has 2 aromatic heterocycles. The highest BCUT2D eigenvalue weighted by atomic mass is 35.5. The second-order valence-corrected chi connectivity index (χ2v) is 6.57. The molecule has 1 saturated carbocycles. The quantitative estimate of drug-likeness (QED) is 0.513. The lowest BCUT2D eigenvalue weighted by molar-refractivity contribution is 0.824. The van der Waals surface area contributed by atoms with Crippen molar-refractivity contribution in [2.45, 2.75) is 18.8 Å². The fourth-order valence-corrected chi connectivity index (χ4v) is 3.37. The van der Waals surface area contributed by atoms with Gasteiger partial charge in [-0.25, -0.2) is 0 Å². The van der Waals surface area contributed by atoms with Gasteiger partial charge in [-0.1, -0.05) is 42.5 Å². The van der Waals surface area contributed by atoms with Crippen molar-refractivity contribution in [3.8, 4) is 22.4 Å². The molecule has 2 aromatic carbocycles. The zero-order valence-electron chi connectivity index (χ0n) is 14.7. The highest BCUT2D eigenvalue weighted by molar-refractivity contribution is 5.99. The number of hydrogen-bond acceptors (Lipinski definition) is 3. The summed E-state index contributed by atoms with van der Waals surface area (Å²) < 4.78 is 0. The van der Waals surface area contributed by atoms with Gasteiger partial charge in [0.15, 0.2) is 0 Å². The van der Waals surface area contributed by atoms with Crippen LogP contribution in [-0.4, -0.2) is 20.7 Å². The maximum absolute atomic E-state index is 4.67. The maximum Gasteiger partial charge on any atom is 0.101 e. The second-order valence-electron chi connectivity index (χ2n) is 6.57. The fourth-order valence-electron chi connectivity index (χ4n) is 3.37. The molecule has 2 N–H and O–H groups in total. The van der Waals surface area contributed by atoms with Crippen LogP contribution < -0.4 is 0 Å². The van der Waals surface area contributed by atoms with Gasteiger partial charge in [0, 0.05) is 29.4 Å². The molecular weight excluding hydrogens is 358 g/mol. The molecule has 0 bridgehead atoms. The van der Waals surface area contributed by atoms with Crippen molar-refractivity contribution in [3.63, 3.8) is 0 Å². The Morgan fingerprint density at radius 1 is 0.778 bits per heavy atom. The molecule has 2 heterocycles. The molecule has 0 amide bonds. The molecule has 5 rings (SSSR count). The van der Waals surface area contributed by atoms with Crippen molar-refractivity contribution in [3.05, 3.63) is 78.8 Å². The van der Waals surface area contributed by atoms with Gasteiger partial charge >= 0.3 is 0 Å². The normalized spacial score (nSPS) is 12.9. The Bertz CT molecular complexity index is 1060. The number of halogens is 1. The molecule has 4 aromatic rings. The SMILES string of the molecule is Cl.O.c1ccc2c(-c3nnc(C4CC4)cc3-c3ccncc3)cccc2c1. The largest absolute Gasteiger partial charge is 0.412 e. The number of nitrogens with zero attached hydrogens (tertiary/aromatic N) is 3. The summed E-state index contributed by atoms with van der Waals surface area (Å²) in [4.78, 5) is 4.16. The summed E-state index contributed by atoms with van der Waals surface area (Å²) in [6.07, 6.45) is 6.11. The third-order valence-corrected chi connectivity index (χ3v) is 4.84. The van der Waals surface area contributed by atoms with Gasteiger partial charge in [0.25, 0.3) is 0 Å². The number of aromatic nitrogens is 3. The van der Waals surface area contributed by atoms with Crippen LogP contribution in [0.2, 0.25) is 0 Å². The van der Waals surface area contributed by atoms with Crippen LogP contribution in [0.1, 0.15) is 24.5 Å². The minimum absolute atomic E-state index is 0. The summed E-state index contributed by atoms with van der Waals surface area (Å²) in [6, 6.07) is 21.1. The summed E-state index contributed by atoms with van der Waals surface area (Å²) in [5.74, 6) is 0.578. The molecule has 136 valence electrons. The third kappa shape index (κ3) is 3.54. The van der Waals surface area contributed by atoms with Crippen LogP contribution in [0.3, 0.4) is 0 Å². The van der Waals surface area contributed by atoms with E-state index in [1.54, 1.807) is 0 Å². The Morgan fingerprint density at radius 2 is 1.52 bits per heavy atom. The maximum atomic E-state index is 4.67. The number of pyridine rings is 1. The van der Waals surface area contributed by atoms with E-state index in [4.69, 9.17) is 0 Å². The lowest BCUT2D eigenvalue weighted by Crippen LogP contribution is -1.98. The predicted molar refractivity (Wildman–Crippen MR) is 111 cm³/mol. The highest BCUT2D eigenvalue weighted by Crippen LogP contribution is 2.42. The highest BCUT2D eigenvalue weighted by Gasteiger charge is 2.27. The van der Waals surface area contributed by atoms with Gasteiger partial charge < -0.3 is 5.48 Å². The van der Waals surface area contributed by atoms with E-state index in [1.165, 1.54) is 23.6 Å². The number of benzene rings is 2. The number of fused-ring (bicyclic) bond motifs is 1. The van der Waals surface area contributed by atoms with Crippen molar-refractivity contribution in [2.75, 3.05) is 0 Å². The first-order valence-electron chi connectivity index (χ1n) is 8.66. The van der Waals surface area contributed by atoms with Gasteiger partial charge in [0.1, 0.15) is 5.69 Å². The number of rotatable bonds is 3. The average molecular weight is 378 g/mol. The minimum atomic E-state index is 0. The van der Waals surface area contributed by atoms with E-state index < -0.39 is 0 Å². The molecule has 27 heavy (non-hydrogen) atoms. The zero-order valence-corrected chi connectivity index (χ0v) is 15.5. The first-order chi connectivity index (χ1) is 12.4. The number of hydrogen-bond donors (Lipinski definition) is 0. The van der Waals surface area contributed by atoms with Crippen LogP contribution >= 0.6 is 12.4 Å². The summed E-state index contributed by atoms with van der Waals surface area (Å²) >= 11 is 0. The molecule has 5 heteroatoms. The fraction of sp³-hybridized carbons (Fsp3) is 0.136. The van der Waals surface area contributed by atoms with Crippen LogP contribution in [0.4, 0.5) is 0 Å². The molecule has 0 saturated heterocycles. The van der Waals surface area contributed by atoms with Crippen molar-refractivity contribution >= 4 is 23.2 Å². The zero-order chi connectivity index (χ0) is 16.6. The van der Waals surface area contributed by atoms with Crippen LogP contribution in [0.25, 0.3) is 33.2 Å². The van der Waals surface area contributed by atoms with Gasteiger partial charge in [-0.15, -0.1) is 17.5 Å². The molecule has 0 radical (unpaired) electrons. The standard InChI is InChI=1S/C22H17N3.ClH.H2O/c1-2-6-18-15(4-1)5-3-7-19(18)22-20(16-10-12-23-13-11-16)14-21(24-25-22)17-8-9-17;;/h1-7,10-14,17H,8-9H2;1H;1H2. The topological polar surface area (TPSA) is 70.2 Å². The average Bonchev–Trinajstić information content (AvgIpc) is 3.53. The van der Waals surface area contributed by atoms with Gasteiger partial charge in [0.2, 0.25) is 0 Å². The minimum Gasteiger partial charge on any atom is -0.412 e. The third-order valence-electron chi connectivity index (χ3n) is 4.84. The summed E-state index contributed by atoms with van der Waals surface area (Å²) in [7, 11) is 0. The molecule has 1 fully saturated rings. The lowest BCUT2D eigenvalue weighted by Gasteiger charge is -2.12. The van der Waals surface area contributed by atoms with Crippen molar-refractivity contribution < 1.29 is 5.48 Å². The van der Waals surface area contributed by atoms with E-state index in [9.17, 15) is 0 Å². The van der Waals surface area contributed by atoms with Crippen LogP contribution in [0, 0.1) is 0 Å². The smallest absolute Gasteiger partial charge is 0.101 e. The molecule has 1 aliphatic rings. The van der Waals surface area contributed by atoms with Gasteiger partial charge in [0.05, 0.1) is 5.69 Å². The summed E-state index contributed by atoms with van der Waals surface area (Å²) in [6.45, 7) is 0. The Kier molecular flexibility index (Phi) is 5.49. The lowest BCUT2D eigenvalue weighted by atomic mass is 9.95. The van der Waals surface area contributed by atoms with E-state index in [-0.39, 0.29) is 17.9 Å². The first kappa shape index (κ1) is 19.0. The first-order valence-corrected chi connectivity index (χ1v) is 8.66. The summed E-state index contributed by atoms with van der Waals surface area (Å²) in [5.41, 5.74) is 5.44. The van der Waals surface area contributed by atoms with E-state index in [2.05, 4.69) is 63.7 Å². The van der Waals surface area contributed by atoms with Crippen LogP contribution in [0.15, 0.2) is 73.1 Å². The molecule has 4 nitrogen and oxygen atoms in total. The van der Waals surface area contributed by atoms with Gasteiger partial charge in [-0.2, -0.15) is 5.10 Å². The van der Waals surface area contributed by atoms with E-state index in [0.29, 0.717) is 5.92 Å². The Labute approximate surface area is 164 Å². The van der Waals surface area contributed by atoms with Crippen molar-refractivity contribution in [1.29, 1.82) is 0 Å². The van der Waals surface area contributed by atoms with Crippen molar-refractivity contribution in [1.82, 2.24) is 15.2 Å². The van der Waals surface area contributed by atoms with E-state index in [0.717, 1.165) is 28.1 Å². The Morgan fingerprint density at radius 3 is 2.30 bits per heavy atom.